The second-order valence-corrected chi connectivity index (χ2v) is 7.42. The van der Waals surface area contributed by atoms with Crippen LogP contribution in [-0.4, -0.2) is 32.9 Å². The molecule has 0 unspecified atom stereocenters. The van der Waals surface area contributed by atoms with Gasteiger partial charge in [0.25, 0.3) is 5.91 Å². The Balaban J connectivity index is 1.66. The predicted molar refractivity (Wildman–Crippen MR) is 117 cm³/mol. The lowest BCUT2D eigenvalue weighted by atomic mass is 9.91. The van der Waals surface area contributed by atoms with Crippen molar-refractivity contribution in [1.29, 1.82) is 0 Å². The van der Waals surface area contributed by atoms with Crippen molar-refractivity contribution >= 4 is 23.0 Å². The van der Waals surface area contributed by atoms with Crippen LogP contribution in [0.4, 0.5) is 17.1 Å². The fourth-order valence-electron chi connectivity index (χ4n) is 3.75. The Morgan fingerprint density at radius 2 is 1.83 bits per heavy atom. The Bertz CT molecular complexity index is 1030. The molecule has 154 valence electrons. The van der Waals surface area contributed by atoms with Crippen LogP contribution in [0, 0.1) is 0 Å². The van der Waals surface area contributed by atoms with Crippen LogP contribution < -0.4 is 22.1 Å². The number of carbonyl (C=O) groups excluding carboxylic acids is 1. The van der Waals surface area contributed by atoms with Crippen LogP contribution >= 0.6 is 0 Å². The number of pyridine rings is 3. The molecule has 2 atom stereocenters. The quantitative estimate of drug-likeness (QED) is 0.497. The normalized spacial score (nSPS) is 18.6. The fourth-order valence-corrected chi connectivity index (χ4v) is 3.75. The van der Waals surface area contributed by atoms with E-state index in [4.69, 9.17) is 11.5 Å². The minimum absolute atomic E-state index is 0.0973. The summed E-state index contributed by atoms with van der Waals surface area (Å²) in [4.78, 5) is 25.1. The van der Waals surface area contributed by atoms with Gasteiger partial charge in [0.1, 0.15) is 5.69 Å². The highest BCUT2D eigenvalue weighted by molar-refractivity contribution is 5.98. The lowest BCUT2D eigenvalue weighted by Crippen LogP contribution is -2.42. The van der Waals surface area contributed by atoms with E-state index in [1.165, 1.54) is 0 Å². The molecular formula is C22H25N7O. The van der Waals surface area contributed by atoms with Gasteiger partial charge in [-0.3, -0.25) is 14.8 Å². The van der Waals surface area contributed by atoms with Crippen LogP contribution in [0.25, 0.3) is 11.4 Å². The lowest BCUT2D eigenvalue weighted by molar-refractivity contribution is 0.0996. The van der Waals surface area contributed by atoms with E-state index in [2.05, 4.69) is 25.6 Å². The first-order chi connectivity index (χ1) is 14.6. The number of aromatic nitrogens is 3. The van der Waals surface area contributed by atoms with Crippen molar-refractivity contribution in [1.82, 2.24) is 15.0 Å². The number of hydrogen-bond donors (Lipinski definition) is 4. The molecule has 0 bridgehead atoms. The Kier molecular flexibility index (Phi) is 5.85. The summed E-state index contributed by atoms with van der Waals surface area (Å²) < 4.78 is 0. The molecule has 0 aliphatic heterocycles. The van der Waals surface area contributed by atoms with Crippen LogP contribution in [0.15, 0.2) is 55.0 Å². The zero-order valence-electron chi connectivity index (χ0n) is 16.6. The third kappa shape index (κ3) is 4.38. The van der Waals surface area contributed by atoms with Gasteiger partial charge >= 0.3 is 0 Å². The van der Waals surface area contributed by atoms with Crippen molar-refractivity contribution in [2.45, 2.75) is 37.8 Å². The summed E-state index contributed by atoms with van der Waals surface area (Å²) in [7, 11) is 0. The van der Waals surface area contributed by atoms with Crippen molar-refractivity contribution in [2.24, 2.45) is 11.5 Å². The SMILES string of the molecule is NC(=O)c1ncc(N[C@@H]2CCCC[C@@H]2N)cc1Nc1cccnc1-c1ccccn1. The van der Waals surface area contributed by atoms with Crippen LogP contribution in [0.5, 0.6) is 0 Å². The molecule has 3 aromatic rings. The number of hydrogen-bond acceptors (Lipinski definition) is 7. The van der Waals surface area contributed by atoms with E-state index >= 15 is 0 Å². The average Bonchev–Trinajstić information content (AvgIpc) is 2.76. The topological polar surface area (TPSA) is 132 Å². The molecule has 1 aliphatic carbocycles. The van der Waals surface area contributed by atoms with Gasteiger partial charge in [-0.1, -0.05) is 18.9 Å². The number of rotatable bonds is 6. The van der Waals surface area contributed by atoms with Gasteiger partial charge in [0, 0.05) is 24.5 Å². The summed E-state index contributed by atoms with van der Waals surface area (Å²) in [5, 5.41) is 6.73. The molecule has 0 saturated heterocycles. The Hall–Kier alpha value is -3.52. The number of carbonyl (C=O) groups is 1. The lowest BCUT2D eigenvalue weighted by Gasteiger charge is -2.30. The number of amides is 1. The zero-order chi connectivity index (χ0) is 20.9. The van der Waals surface area contributed by atoms with Crippen molar-refractivity contribution in [2.75, 3.05) is 10.6 Å². The first kappa shape index (κ1) is 19.8. The molecule has 0 radical (unpaired) electrons. The van der Waals surface area contributed by atoms with E-state index < -0.39 is 5.91 Å². The highest BCUT2D eigenvalue weighted by Crippen LogP contribution is 2.30. The Morgan fingerprint density at radius 3 is 2.60 bits per heavy atom. The highest BCUT2D eigenvalue weighted by atomic mass is 16.1. The largest absolute Gasteiger partial charge is 0.379 e. The third-order valence-corrected chi connectivity index (χ3v) is 5.28. The summed E-state index contributed by atoms with van der Waals surface area (Å²) in [6, 6.07) is 11.4. The third-order valence-electron chi connectivity index (χ3n) is 5.28. The summed E-state index contributed by atoms with van der Waals surface area (Å²) in [5.41, 5.74) is 15.4. The van der Waals surface area contributed by atoms with Gasteiger partial charge in [0.05, 0.1) is 29.0 Å². The zero-order valence-corrected chi connectivity index (χ0v) is 16.6. The Morgan fingerprint density at radius 1 is 1.00 bits per heavy atom. The maximum Gasteiger partial charge on any atom is 0.269 e. The molecule has 3 aromatic heterocycles. The molecular weight excluding hydrogens is 378 g/mol. The standard InChI is InChI=1S/C22H25N7O/c23-15-6-1-2-7-16(15)28-14-12-19(21(22(24)30)27-13-14)29-18-9-5-11-26-20(18)17-8-3-4-10-25-17/h3-5,8-13,15-16,28-29H,1-2,6-7,23H2,(H2,24,30)/t15-,16+/m0/s1. The minimum Gasteiger partial charge on any atom is -0.379 e. The summed E-state index contributed by atoms with van der Waals surface area (Å²) in [6.45, 7) is 0. The molecule has 0 aromatic carbocycles. The van der Waals surface area contributed by atoms with Gasteiger partial charge in [-0.25, -0.2) is 4.98 Å². The van der Waals surface area contributed by atoms with E-state index in [1.54, 1.807) is 18.6 Å². The van der Waals surface area contributed by atoms with E-state index in [0.717, 1.165) is 37.1 Å². The highest BCUT2D eigenvalue weighted by Gasteiger charge is 2.22. The number of primary amides is 1. The van der Waals surface area contributed by atoms with E-state index in [9.17, 15) is 4.79 Å². The molecule has 1 amide bonds. The summed E-state index contributed by atoms with van der Waals surface area (Å²) in [5.74, 6) is -0.610. The van der Waals surface area contributed by atoms with Gasteiger partial charge in [0.15, 0.2) is 5.69 Å². The van der Waals surface area contributed by atoms with E-state index in [1.807, 2.05) is 36.4 Å². The smallest absolute Gasteiger partial charge is 0.269 e. The maximum absolute atomic E-state index is 12.0. The molecule has 1 fully saturated rings. The van der Waals surface area contributed by atoms with Crippen molar-refractivity contribution in [3.8, 4) is 11.4 Å². The van der Waals surface area contributed by atoms with Crippen LogP contribution in [0.3, 0.4) is 0 Å². The van der Waals surface area contributed by atoms with Crippen LogP contribution in [0.2, 0.25) is 0 Å². The van der Waals surface area contributed by atoms with Crippen molar-refractivity contribution < 1.29 is 4.79 Å². The summed E-state index contributed by atoms with van der Waals surface area (Å²) in [6.07, 6.45) is 9.34. The molecule has 30 heavy (non-hydrogen) atoms. The fraction of sp³-hybridized carbons (Fsp3) is 0.273. The van der Waals surface area contributed by atoms with Gasteiger partial charge in [-0.05, 0) is 43.2 Å². The van der Waals surface area contributed by atoms with Crippen molar-refractivity contribution in [3.63, 3.8) is 0 Å². The molecule has 4 rings (SSSR count). The summed E-state index contributed by atoms with van der Waals surface area (Å²) >= 11 is 0. The van der Waals surface area contributed by atoms with Gasteiger partial charge in [-0.15, -0.1) is 0 Å². The van der Waals surface area contributed by atoms with E-state index in [-0.39, 0.29) is 17.8 Å². The van der Waals surface area contributed by atoms with Crippen molar-refractivity contribution in [3.05, 3.63) is 60.7 Å². The molecule has 1 saturated carbocycles. The second kappa shape index (κ2) is 8.87. The average molecular weight is 403 g/mol. The number of nitrogens with one attached hydrogen (secondary N) is 2. The predicted octanol–water partition coefficient (Wildman–Crippen LogP) is 3.06. The molecule has 8 heteroatoms. The first-order valence-corrected chi connectivity index (χ1v) is 10.1. The molecule has 8 nitrogen and oxygen atoms in total. The first-order valence-electron chi connectivity index (χ1n) is 10.1. The Labute approximate surface area is 175 Å². The van der Waals surface area contributed by atoms with Gasteiger partial charge < -0.3 is 22.1 Å². The molecule has 3 heterocycles. The second-order valence-electron chi connectivity index (χ2n) is 7.42. The van der Waals surface area contributed by atoms with E-state index in [0.29, 0.717) is 17.1 Å². The number of anilines is 3. The van der Waals surface area contributed by atoms with Crippen LogP contribution in [-0.2, 0) is 0 Å². The monoisotopic (exact) mass is 403 g/mol. The molecule has 6 N–H and O–H groups in total. The van der Waals surface area contributed by atoms with Gasteiger partial charge in [-0.2, -0.15) is 0 Å². The molecule has 1 aliphatic rings. The number of nitrogens with two attached hydrogens (primary N) is 2. The van der Waals surface area contributed by atoms with Gasteiger partial charge in [0.2, 0.25) is 0 Å². The molecule has 0 spiro atoms. The number of nitrogens with zero attached hydrogens (tertiary/aromatic N) is 3. The minimum atomic E-state index is -0.610. The van der Waals surface area contributed by atoms with Crippen LogP contribution in [0.1, 0.15) is 36.2 Å². The maximum atomic E-state index is 12.0.